The Hall–Kier alpha value is 0.0600. The minimum Gasteiger partial charge on any atom is -0.660 e. The first-order valence-corrected chi connectivity index (χ1v) is 9.42. The summed E-state index contributed by atoms with van der Waals surface area (Å²) in [5, 5.41) is 10.5. The first-order valence-electron chi connectivity index (χ1n) is 6.49. The number of aromatic nitrogens is 4. The van der Waals surface area contributed by atoms with Gasteiger partial charge in [-0.2, -0.15) is 0 Å². The molecule has 2 aliphatic heterocycles. The third kappa shape index (κ3) is 3.01. The molecule has 3 N–H and O–H groups in total. The number of imidazole rings is 1. The molecule has 10 nitrogen and oxygen atoms in total. The van der Waals surface area contributed by atoms with Gasteiger partial charge in [-0.15, -0.1) is 0 Å². The van der Waals surface area contributed by atoms with Crippen molar-refractivity contribution in [2.45, 2.75) is 24.5 Å². The molecule has 24 heavy (non-hydrogen) atoms. The van der Waals surface area contributed by atoms with Gasteiger partial charge in [0.05, 0.1) is 6.61 Å². The van der Waals surface area contributed by atoms with Crippen LogP contribution in [0, 0.1) is 0 Å². The molecule has 0 spiro atoms. The van der Waals surface area contributed by atoms with Crippen LogP contribution in [0.25, 0.3) is 11.2 Å². The topological polar surface area (TPSA) is 135 Å². The summed E-state index contributed by atoms with van der Waals surface area (Å²) in [6.07, 6.45) is -2.45. The maximum atomic E-state index is 11.8. The third-order valence-corrected chi connectivity index (χ3v) is 5.48. The average molecular weight is 402 g/mol. The second-order valence-corrected chi connectivity index (χ2v) is 8.09. The van der Waals surface area contributed by atoms with E-state index in [1.807, 2.05) is 0 Å². The van der Waals surface area contributed by atoms with Crippen LogP contribution in [0.3, 0.4) is 0 Å². The molecule has 0 saturated carbocycles. The molecule has 0 radical (unpaired) electrons. The number of ether oxygens (including phenoxy) is 1. The van der Waals surface area contributed by atoms with E-state index in [0.29, 0.717) is 5.65 Å². The molecular formula is C10H10ClN5NaO5PS. The Morgan fingerprint density at radius 2 is 2.25 bits per heavy atom. The Bertz CT molecular complexity index is 841. The van der Waals surface area contributed by atoms with Gasteiger partial charge in [0, 0.05) is 0 Å². The van der Waals surface area contributed by atoms with E-state index in [4.69, 9.17) is 43.4 Å². The van der Waals surface area contributed by atoms with Crippen LogP contribution in [0.5, 0.6) is 0 Å². The number of aliphatic hydroxyl groups is 1. The molecule has 2 aromatic rings. The quantitative estimate of drug-likeness (QED) is 0.226. The fraction of sp³-hybridized carbons (Fsp3) is 0.500. The van der Waals surface area contributed by atoms with Gasteiger partial charge in [-0.05, 0) is 11.6 Å². The molecule has 1 unspecified atom stereocenters. The maximum Gasteiger partial charge on any atom is 1.00 e. The molecule has 2 aromatic heterocycles. The van der Waals surface area contributed by atoms with Crippen LogP contribution in [0.15, 0.2) is 6.33 Å². The Labute approximate surface area is 168 Å². The molecule has 4 heterocycles. The minimum atomic E-state index is -3.63. The van der Waals surface area contributed by atoms with Gasteiger partial charge < -0.3 is 36.9 Å². The number of nitrogen functional groups attached to an aromatic ring is 1. The van der Waals surface area contributed by atoms with Gasteiger partial charge in [-0.25, -0.2) is 15.0 Å². The Balaban J connectivity index is 0.00000169. The van der Waals surface area contributed by atoms with Crippen LogP contribution in [0.1, 0.15) is 6.23 Å². The van der Waals surface area contributed by atoms with Crippen molar-refractivity contribution in [1.82, 2.24) is 19.5 Å². The normalized spacial score (nSPS) is 35.6. The van der Waals surface area contributed by atoms with Gasteiger partial charge in [-0.3, -0.25) is 9.13 Å². The second-order valence-electron chi connectivity index (χ2n) is 5.05. The second kappa shape index (κ2) is 6.66. The van der Waals surface area contributed by atoms with E-state index in [2.05, 4.69) is 15.0 Å². The van der Waals surface area contributed by atoms with Crippen molar-refractivity contribution in [1.29, 1.82) is 0 Å². The Morgan fingerprint density at radius 1 is 1.50 bits per heavy atom. The number of hydrogen-bond acceptors (Lipinski definition) is 10. The van der Waals surface area contributed by atoms with Crippen LogP contribution >= 0.6 is 18.4 Å². The van der Waals surface area contributed by atoms with Gasteiger partial charge in [0.1, 0.15) is 24.6 Å². The van der Waals surface area contributed by atoms with E-state index >= 15 is 0 Å². The SMILES string of the molecule is Nc1ncnc2c1nc(Cl)n2[C@@H]1O[C@@H]2COP(=O)([S-])O[C@H]2[C@H]1O.[Na+]. The Kier molecular flexibility index (Phi) is 5.23. The molecule has 5 atom stereocenters. The van der Waals surface area contributed by atoms with E-state index in [1.165, 1.54) is 10.9 Å². The predicted molar refractivity (Wildman–Crippen MR) is 80.5 cm³/mol. The predicted octanol–water partition coefficient (Wildman–Crippen LogP) is -2.61. The number of nitrogens with two attached hydrogens (primary N) is 1. The number of fused-ring (bicyclic) bond motifs is 2. The standard InChI is InChI=1S/C10H11ClN5O5PS.Na/c11-10-15-4-7(12)13-2-14-8(4)16(10)9-5(17)6-3(20-9)1-19-22(18,23)21-6;/h2-3,5-6,9,17H,1H2,(H,18,23)(H2,12,13,14);/q;+1/p-1/t3-,5-,6-,9-,22?;/m1./s1. The van der Waals surface area contributed by atoms with Crippen molar-refractivity contribution in [3.8, 4) is 0 Å². The van der Waals surface area contributed by atoms with E-state index in [1.54, 1.807) is 0 Å². The van der Waals surface area contributed by atoms with Crippen LogP contribution in [-0.4, -0.2) is 49.5 Å². The van der Waals surface area contributed by atoms with E-state index in [9.17, 15) is 9.67 Å². The van der Waals surface area contributed by atoms with Crippen LogP contribution in [0.4, 0.5) is 5.82 Å². The van der Waals surface area contributed by atoms with Crippen molar-refractivity contribution in [2.75, 3.05) is 12.3 Å². The summed E-state index contributed by atoms with van der Waals surface area (Å²) in [6.45, 7) is -3.68. The zero-order valence-corrected chi connectivity index (χ0v) is 16.7. The van der Waals surface area contributed by atoms with Gasteiger partial charge in [-0.1, -0.05) is 0 Å². The van der Waals surface area contributed by atoms with Crippen molar-refractivity contribution < 1.29 is 53.0 Å². The smallest absolute Gasteiger partial charge is 0.660 e. The van der Waals surface area contributed by atoms with Crippen LogP contribution in [-0.2, 0) is 30.6 Å². The third-order valence-electron chi connectivity index (χ3n) is 3.67. The zero-order valence-electron chi connectivity index (χ0n) is 12.3. The number of nitrogens with zero attached hydrogens (tertiary/aromatic N) is 4. The molecule has 0 bridgehead atoms. The molecule has 0 aromatic carbocycles. The molecule has 2 saturated heterocycles. The summed E-state index contributed by atoms with van der Waals surface area (Å²) < 4.78 is 28.9. The zero-order chi connectivity index (χ0) is 16.4. The summed E-state index contributed by atoms with van der Waals surface area (Å²) in [6, 6.07) is 0. The van der Waals surface area contributed by atoms with Crippen molar-refractivity contribution in [3.63, 3.8) is 0 Å². The molecule has 4 rings (SSSR count). The first-order chi connectivity index (χ1) is 10.9. The largest absolute Gasteiger partial charge is 1.00 e. The van der Waals surface area contributed by atoms with Gasteiger partial charge in [0.2, 0.25) is 5.28 Å². The number of aliphatic hydroxyl groups excluding tert-OH is 1. The minimum absolute atomic E-state index is 0. The molecule has 0 amide bonds. The first kappa shape index (κ1) is 18.8. The summed E-state index contributed by atoms with van der Waals surface area (Å²) in [7, 11) is 0. The molecule has 2 fully saturated rings. The summed E-state index contributed by atoms with van der Waals surface area (Å²) in [5.41, 5.74) is 6.33. The molecule has 14 heteroatoms. The molecular weight excluding hydrogens is 392 g/mol. The van der Waals surface area contributed by atoms with Crippen LogP contribution < -0.4 is 35.3 Å². The molecule has 0 aliphatic carbocycles. The fourth-order valence-electron chi connectivity index (χ4n) is 2.67. The monoisotopic (exact) mass is 401 g/mol. The number of halogens is 1. The Morgan fingerprint density at radius 3 is 3.00 bits per heavy atom. The van der Waals surface area contributed by atoms with Crippen LogP contribution in [0.2, 0.25) is 5.28 Å². The summed E-state index contributed by atoms with van der Waals surface area (Å²) >= 11 is 10.8. The van der Waals surface area contributed by atoms with E-state index in [0.717, 1.165) is 0 Å². The summed E-state index contributed by atoms with van der Waals surface area (Å²) in [5.74, 6) is 0.148. The van der Waals surface area contributed by atoms with Crippen molar-refractivity contribution >= 4 is 47.6 Å². The van der Waals surface area contributed by atoms with E-state index in [-0.39, 0.29) is 52.8 Å². The molecule has 124 valence electrons. The van der Waals surface area contributed by atoms with Gasteiger partial charge in [0.15, 0.2) is 30.0 Å². The van der Waals surface area contributed by atoms with Crippen molar-refractivity contribution in [2.24, 2.45) is 0 Å². The fourth-order valence-corrected chi connectivity index (χ4v) is 4.36. The molecule has 2 aliphatic rings. The number of hydrogen-bond donors (Lipinski definition) is 2. The van der Waals surface area contributed by atoms with Gasteiger partial charge in [0.25, 0.3) is 0 Å². The average Bonchev–Trinajstić information content (AvgIpc) is 2.97. The van der Waals surface area contributed by atoms with Crippen molar-refractivity contribution in [3.05, 3.63) is 11.6 Å². The van der Waals surface area contributed by atoms with Gasteiger partial charge >= 0.3 is 29.6 Å². The maximum absolute atomic E-state index is 11.8. The summed E-state index contributed by atoms with van der Waals surface area (Å²) in [4.78, 5) is 12.0. The van der Waals surface area contributed by atoms with E-state index < -0.39 is 31.3 Å². The number of rotatable bonds is 1. The number of anilines is 1.